The van der Waals surface area contributed by atoms with Gasteiger partial charge in [0.05, 0.1) is 0 Å². The molecule has 0 aliphatic rings. The maximum absolute atomic E-state index is 12.4. The van der Waals surface area contributed by atoms with Crippen molar-refractivity contribution in [2.24, 2.45) is 5.92 Å². The van der Waals surface area contributed by atoms with Crippen LogP contribution in [0.1, 0.15) is 45.6 Å². The topological polar surface area (TPSA) is 105 Å². The molecule has 3 N–H and O–H groups in total. The van der Waals surface area contributed by atoms with Crippen molar-refractivity contribution in [3.05, 3.63) is 35.9 Å². The van der Waals surface area contributed by atoms with E-state index in [0.717, 1.165) is 5.56 Å². The number of rotatable bonds is 10. The van der Waals surface area contributed by atoms with Crippen LogP contribution < -0.4 is 10.6 Å². The first-order valence-electron chi connectivity index (χ1n) is 8.89. The minimum atomic E-state index is -1.09. The van der Waals surface area contributed by atoms with E-state index in [4.69, 9.17) is 4.74 Å². The molecule has 0 saturated carbocycles. The van der Waals surface area contributed by atoms with Crippen molar-refractivity contribution >= 4 is 18.0 Å². The number of carboxylic acids is 1. The minimum Gasteiger partial charge on any atom is -0.480 e. The first-order valence-corrected chi connectivity index (χ1v) is 8.89. The number of carbonyl (C=O) groups excluding carboxylic acids is 2. The Morgan fingerprint density at radius 2 is 1.77 bits per heavy atom. The average molecular weight is 364 g/mol. The molecular weight excluding hydrogens is 336 g/mol. The lowest BCUT2D eigenvalue weighted by Gasteiger charge is -2.24. The largest absolute Gasteiger partial charge is 0.480 e. The van der Waals surface area contributed by atoms with Gasteiger partial charge in [0.2, 0.25) is 5.91 Å². The Hall–Kier alpha value is -2.57. The van der Waals surface area contributed by atoms with Gasteiger partial charge in [0, 0.05) is 0 Å². The van der Waals surface area contributed by atoms with Gasteiger partial charge < -0.3 is 20.5 Å². The van der Waals surface area contributed by atoms with E-state index in [9.17, 15) is 19.5 Å². The summed E-state index contributed by atoms with van der Waals surface area (Å²) in [4.78, 5) is 35.8. The Bertz CT molecular complexity index is 591. The van der Waals surface area contributed by atoms with Crippen LogP contribution in [0.25, 0.3) is 0 Å². The highest BCUT2D eigenvalue weighted by Gasteiger charge is 2.29. The SMILES string of the molecule is CCC[C@H](NC(=O)OCc1ccccc1)C(=O)N[C@H](C(=O)O)[C@H](C)CC. The van der Waals surface area contributed by atoms with Crippen molar-refractivity contribution < 1.29 is 24.2 Å². The molecule has 0 fully saturated rings. The third kappa shape index (κ3) is 7.13. The van der Waals surface area contributed by atoms with Crippen LogP contribution in [0.2, 0.25) is 0 Å². The molecule has 2 amide bonds. The van der Waals surface area contributed by atoms with Crippen LogP contribution in [0.5, 0.6) is 0 Å². The Labute approximate surface area is 154 Å². The standard InChI is InChI=1S/C19H28N2O5/c1-4-9-15(17(22)21-16(18(23)24)13(3)5-2)20-19(25)26-12-14-10-7-6-8-11-14/h6-8,10-11,13,15-16H,4-5,9,12H2,1-3H3,(H,20,25)(H,21,22)(H,23,24)/t13-,15+,16+/m1/s1. The number of nitrogens with one attached hydrogen (secondary N) is 2. The fourth-order valence-electron chi connectivity index (χ4n) is 2.40. The van der Waals surface area contributed by atoms with Crippen molar-refractivity contribution in [2.75, 3.05) is 0 Å². The van der Waals surface area contributed by atoms with Gasteiger partial charge in [-0.1, -0.05) is 63.9 Å². The van der Waals surface area contributed by atoms with Gasteiger partial charge >= 0.3 is 12.1 Å². The normalized spacial score (nSPS) is 14.0. The third-order valence-electron chi connectivity index (χ3n) is 4.18. The molecule has 3 atom stereocenters. The van der Waals surface area contributed by atoms with Gasteiger partial charge in [0.15, 0.2) is 0 Å². The van der Waals surface area contributed by atoms with E-state index in [1.165, 1.54) is 0 Å². The highest BCUT2D eigenvalue weighted by Crippen LogP contribution is 2.09. The summed E-state index contributed by atoms with van der Waals surface area (Å²) < 4.78 is 5.13. The molecule has 0 spiro atoms. The summed E-state index contributed by atoms with van der Waals surface area (Å²) in [6, 6.07) is 7.36. The number of hydrogen-bond acceptors (Lipinski definition) is 4. The molecule has 0 bridgehead atoms. The fourth-order valence-corrected chi connectivity index (χ4v) is 2.40. The predicted molar refractivity (Wildman–Crippen MR) is 97.5 cm³/mol. The Kier molecular flexibility index (Phi) is 9.19. The lowest BCUT2D eigenvalue weighted by atomic mass is 9.98. The molecule has 1 aromatic rings. The summed E-state index contributed by atoms with van der Waals surface area (Å²) in [5.41, 5.74) is 0.835. The molecule has 26 heavy (non-hydrogen) atoms. The van der Waals surface area contributed by atoms with Crippen molar-refractivity contribution in [1.29, 1.82) is 0 Å². The second-order valence-electron chi connectivity index (χ2n) is 6.26. The minimum absolute atomic E-state index is 0.0950. The number of benzene rings is 1. The van der Waals surface area contributed by atoms with Gasteiger partial charge in [-0.2, -0.15) is 0 Å². The number of carbonyl (C=O) groups is 3. The number of aliphatic carboxylic acids is 1. The Balaban J connectivity index is 2.63. The smallest absolute Gasteiger partial charge is 0.408 e. The Morgan fingerprint density at radius 1 is 1.12 bits per heavy atom. The molecule has 144 valence electrons. The van der Waals surface area contributed by atoms with Gasteiger partial charge in [0.25, 0.3) is 0 Å². The van der Waals surface area contributed by atoms with E-state index >= 15 is 0 Å². The van der Waals surface area contributed by atoms with Crippen molar-refractivity contribution in [1.82, 2.24) is 10.6 Å². The van der Waals surface area contributed by atoms with E-state index in [1.807, 2.05) is 44.2 Å². The predicted octanol–water partition coefficient (Wildman–Crippen LogP) is 2.70. The van der Waals surface area contributed by atoms with Crippen molar-refractivity contribution in [3.63, 3.8) is 0 Å². The number of amides is 2. The molecular formula is C19H28N2O5. The second kappa shape index (κ2) is 11.1. The van der Waals surface area contributed by atoms with Gasteiger partial charge in [-0.3, -0.25) is 4.79 Å². The first-order chi connectivity index (χ1) is 12.4. The number of carboxylic acid groups (broad SMARTS) is 1. The molecule has 0 heterocycles. The van der Waals surface area contributed by atoms with E-state index < -0.39 is 30.1 Å². The second-order valence-corrected chi connectivity index (χ2v) is 6.26. The van der Waals surface area contributed by atoms with Gasteiger partial charge in [0.1, 0.15) is 18.7 Å². The summed E-state index contributed by atoms with van der Waals surface area (Å²) in [6.45, 7) is 5.59. The molecule has 1 aromatic carbocycles. The van der Waals surface area contributed by atoms with E-state index in [1.54, 1.807) is 6.92 Å². The average Bonchev–Trinajstić information content (AvgIpc) is 2.63. The first kappa shape index (κ1) is 21.5. The molecule has 0 saturated heterocycles. The maximum atomic E-state index is 12.4. The van der Waals surface area contributed by atoms with Gasteiger partial charge in [-0.25, -0.2) is 9.59 Å². The zero-order valence-electron chi connectivity index (χ0n) is 15.5. The van der Waals surface area contributed by atoms with Crippen LogP contribution in [0.4, 0.5) is 4.79 Å². The molecule has 0 unspecified atom stereocenters. The zero-order valence-corrected chi connectivity index (χ0v) is 15.5. The van der Waals surface area contributed by atoms with Crippen molar-refractivity contribution in [2.45, 2.75) is 58.7 Å². The van der Waals surface area contributed by atoms with Crippen molar-refractivity contribution in [3.8, 4) is 0 Å². The van der Waals surface area contributed by atoms with Crippen LogP contribution in [-0.4, -0.2) is 35.2 Å². The molecule has 7 heteroatoms. The number of ether oxygens (including phenoxy) is 1. The molecule has 7 nitrogen and oxygen atoms in total. The van der Waals surface area contributed by atoms with Crippen LogP contribution in [0.15, 0.2) is 30.3 Å². The molecule has 0 aliphatic heterocycles. The van der Waals surface area contributed by atoms with Gasteiger partial charge in [-0.15, -0.1) is 0 Å². The lowest BCUT2D eigenvalue weighted by molar-refractivity contribution is -0.143. The summed E-state index contributed by atoms with van der Waals surface area (Å²) in [5.74, 6) is -1.82. The van der Waals surface area contributed by atoms with Crippen LogP contribution >= 0.6 is 0 Å². The molecule has 1 rings (SSSR count). The van der Waals surface area contributed by atoms with Crippen LogP contribution in [0.3, 0.4) is 0 Å². The highest BCUT2D eigenvalue weighted by atomic mass is 16.5. The molecule has 0 aliphatic carbocycles. The lowest BCUT2D eigenvalue weighted by Crippen LogP contribution is -2.53. The summed E-state index contributed by atoms with van der Waals surface area (Å²) >= 11 is 0. The van der Waals surface area contributed by atoms with Gasteiger partial charge in [-0.05, 0) is 17.9 Å². The monoisotopic (exact) mass is 364 g/mol. The highest BCUT2D eigenvalue weighted by molar-refractivity contribution is 5.89. The number of hydrogen-bond donors (Lipinski definition) is 3. The fraction of sp³-hybridized carbons (Fsp3) is 0.526. The number of alkyl carbamates (subject to hydrolysis) is 1. The molecule has 0 aromatic heterocycles. The summed E-state index contributed by atoms with van der Waals surface area (Å²) in [6.07, 6.45) is 0.942. The van der Waals surface area contributed by atoms with Crippen LogP contribution in [-0.2, 0) is 20.9 Å². The summed E-state index contributed by atoms with van der Waals surface area (Å²) in [7, 11) is 0. The third-order valence-corrected chi connectivity index (χ3v) is 4.18. The molecule has 0 radical (unpaired) electrons. The zero-order chi connectivity index (χ0) is 19.5. The maximum Gasteiger partial charge on any atom is 0.408 e. The Morgan fingerprint density at radius 3 is 2.31 bits per heavy atom. The quantitative estimate of drug-likeness (QED) is 0.592. The summed E-state index contributed by atoms with van der Waals surface area (Å²) in [5, 5.41) is 14.3. The van der Waals surface area contributed by atoms with E-state index in [2.05, 4.69) is 10.6 Å². The van der Waals surface area contributed by atoms with E-state index in [-0.39, 0.29) is 12.5 Å². The van der Waals surface area contributed by atoms with Crippen LogP contribution in [0, 0.1) is 5.92 Å². The van der Waals surface area contributed by atoms with E-state index in [0.29, 0.717) is 19.3 Å².